The fourth-order valence-corrected chi connectivity index (χ4v) is 3.66. The molecule has 0 bridgehead atoms. The summed E-state index contributed by atoms with van der Waals surface area (Å²) in [5, 5.41) is 1.03. The molecule has 4 aromatic rings. The van der Waals surface area contributed by atoms with Crippen molar-refractivity contribution in [2.45, 2.75) is 26.7 Å². The molecule has 5 heteroatoms. The molecule has 0 atom stereocenters. The Morgan fingerprint density at radius 1 is 1.10 bits per heavy atom. The van der Waals surface area contributed by atoms with Gasteiger partial charge in [-0.05, 0) is 49.6 Å². The third-order valence-corrected chi connectivity index (χ3v) is 4.98. The fourth-order valence-electron chi connectivity index (χ4n) is 3.66. The predicted molar refractivity (Wildman–Crippen MR) is 114 cm³/mol. The second kappa shape index (κ2) is 8.27. The van der Waals surface area contributed by atoms with Gasteiger partial charge in [-0.2, -0.15) is 0 Å². The van der Waals surface area contributed by atoms with Crippen molar-refractivity contribution >= 4 is 17.0 Å². The van der Waals surface area contributed by atoms with Crippen LogP contribution in [0.25, 0.3) is 33.4 Å². The molecular weight excluding hydrogens is 362 g/mol. The van der Waals surface area contributed by atoms with Crippen molar-refractivity contribution < 1.29 is 9.53 Å². The van der Waals surface area contributed by atoms with E-state index in [4.69, 9.17) is 4.74 Å². The standard InChI is InChI=1S/C24H23N3O2/c1-3-29-22(28)11-10-18-20-7-5-13-26-24(20)27-23(18)19-9-8-16(2)14-21(19)17-6-4-12-25-15-17/h4-9,12-15H,3,10-11H2,1-2H3,(H,26,27). The van der Waals surface area contributed by atoms with Gasteiger partial charge in [0.05, 0.1) is 12.3 Å². The molecule has 0 aliphatic carbocycles. The number of H-pyrrole nitrogens is 1. The van der Waals surface area contributed by atoms with Crippen molar-refractivity contribution in [3.63, 3.8) is 0 Å². The van der Waals surface area contributed by atoms with Gasteiger partial charge in [-0.15, -0.1) is 0 Å². The number of benzene rings is 1. The monoisotopic (exact) mass is 385 g/mol. The minimum absolute atomic E-state index is 0.187. The molecular formula is C24H23N3O2. The van der Waals surface area contributed by atoms with Crippen LogP contribution in [0.15, 0.2) is 61.1 Å². The van der Waals surface area contributed by atoms with Crippen LogP contribution in [0.3, 0.4) is 0 Å². The number of aryl methyl sites for hydroxylation is 2. The molecule has 4 rings (SSSR count). The van der Waals surface area contributed by atoms with Crippen LogP contribution < -0.4 is 0 Å². The van der Waals surface area contributed by atoms with Gasteiger partial charge in [0.1, 0.15) is 5.65 Å². The average molecular weight is 385 g/mol. The third-order valence-electron chi connectivity index (χ3n) is 4.98. The molecule has 3 heterocycles. The molecule has 0 saturated carbocycles. The fraction of sp³-hybridized carbons (Fsp3) is 0.208. The number of carbonyl (C=O) groups excluding carboxylic acids is 1. The summed E-state index contributed by atoms with van der Waals surface area (Å²) in [6.07, 6.45) is 6.33. The van der Waals surface area contributed by atoms with Gasteiger partial charge in [-0.1, -0.05) is 29.8 Å². The lowest BCUT2D eigenvalue weighted by Crippen LogP contribution is -2.05. The molecule has 0 radical (unpaired) electrons. The number of hydrogen-bond donors (Lipinski definition) is 1. The molecule has 29 heavy (non-hydrogen) atoms. The number of hydrogen-bond acceptors (Lipinski definition) is 4. The lowest BCUT2D eigenvalue weighted by Gasteiger charge is -2.12. The molecule has 3 aromatic heterocycles. The smallest absolute Gasteiger partial charge is 0.306 e. The summed E-state index contributed by atoms with van der Waals surface area (Å²) in [5.41, 5.74) is 7.28. The lowest BCUT2D eigenvalue weighted by molar-refractivity contribution is -0.143. The van der Waals surface area contributed by atoms with Crippen LogP contribution in [0.4, 0.5) is 0 Å². The molecule has 146 valence electrons. The largest absolute Gasteiger partial charge is 0.466 e. The second-order valence-electron chi connectivity index (χ2n) is 6.97. The highest BCUT2D eigenvalue weighted by Gasteiger charge is 2.18. The summed E-state index contributed by atoms with van der Waals surface area (Å²) < 4.78 is 5.13. The van der Waals surface area contributed by atoms with Gasteiger partial charge in [0.2, 0.25) is 0 Å². The van der Waals surface area contributed by atoms with E-state index in [0.29, 0.717) is 19.4 Å². The van der Waals surface area contributed by atoms with E-state index < -0.39 is 0 Å². The van der Waals surface area contributed by atoms with Crippen LogP contribution >= 0.6 is 0 Å². The highest BCUT2D eigenvalue weighted by Crippen LogP contribution is 2.37. The molecule has 1 N–H and O–H groups in total. The molecule has 1 aromatic carbocycles. The highest BCUT2D eigenvalue weighted by molar-refractivity contribution is 5.93. The van der Waals surface area contributed by atoms with Crippen LogP contribution in [0, 0.1) is 6.92 Å². The Bertz CT molecular complexity index is 1150. The lowest BCUT2D eigenvalue weighted by atomic mass is 9.93. The van der Waals surface area contributed by atoms with Gasteiger partial charge in [-0.25, -0.2) is 4.98 Å². The summed E-state index contributed by atoms with van der Waals surface area (Å²) in [7, 11) is 0. The van der Waals surface area contributed by atoms with Crippen molar-refractivity contribution in [1.82, 2.24) is 15.0 Å². The molecule has 0 saturated heterocycles. The maximum atomic E-state index is 12.0. The van der Waals surface area contributed by atoms with Crippen molar-refractivity contribution in [3.8, 4) is 22.4 Å². The zero-order chi connectivity index (χ0) is 20.2. The van der Waals surface area contributed by atoms with E-state index in [1.54, 1.807) is 12.4 Å². The summed E-state index contributed by atoms with van der Waals surface area (Å²) in [5.74, 6) is -0.187. The summed E-state index contributed by atoms with van der Waals surface area (Å²) >= 11 is 0. The number of aromatic amines is 1. The van der Waals surface area contributed by atoms with E-state index >= 15 is 0 Å². The normalized spacial score (nSPS) is 11.0. The van der Waals surface area contributed by atoms with Gasteiger partial charge in [0.15, 0.2) is 0 Å². The average Bonchev–Trinajstić information content (AvgIpc) is 3.11. The van der Waals surface area contributed by atoms with E-state index in [9.17, 15) is 4.79 Å². The van der Waals surface area contributed by atoms with Gasteiger partial charge < -0.3 is 9.72 Å². The Kier molecular flexibility index (Phi) is 5.38. The Morgan fingerprint density at radius 2 is 1.97 bits per heavy atom. The van der Waals surface area contributed by atoms with E-state index in [-0.39, 0.29) is 5.97 Å². The summed E-state index contributed by atoms with van der Waals surface area (Å²) in [6, 6.07) is 14.4. The topological polar surface area (TPSA) is 67.9 Å². The molecule has 0 aliphatic heterocycles. The van der Waals surface area contributed by atoms with Gasteiger partial charge in [-0.3, -0.25) is 9.78 Å². The number of esters is 1. The van der Waals surface area contributed by atoms with Crippen LogP contribution in [0.5, 0.6) is 0 Å². The zero-order valence-corrected chi connectivity index (χ0v) is 16.6. The van der Waals surface area contributed by atoms with Crippen LogP contribution in [0.2, 0.25) is 0 Å². The highest BCUT2D eigenvalue weighted by atomic mass is 16.5. The number of nitrogens with zero attached hydrogens (tertiary/aromatic N) is 2. The van der Waals surface area contributed by atoms with Crippen molar-refractivity contribution in [2.24, 2.45) is 0 Å². The summed E-state index contributed by atoms with van der Waals surface area (Å²) in [6.45, 7) is 4.30. The minimum Gasteiger partial charge on any atom is -0.466 e. The first-order chi connectivity index (χ1) is 14.2. The Balaban J connectivity index is 1.86. The van der Waals surface area contributed by atoms with Crippen molar-refractivity contribution in [2.75, 3.05) is 6.61 Å². The molecule has 0 spiro atoms. The van der Waals surface area contributed by atoms with Gasteiger partial charge >= 0.3 is 5.97 Å². The Hall–Kier alpha value is -3.47. The Morgan fingerprint density at radius 3 is 2.76 bits per heavy atom. The van der Waals surface area contributed by atoms with E-state index in [1.807, 2.05) is 31.3 Å². The number of pyridine rings is 2. The second-order valence-corrected chi connectivity index (χ2v) is 6.97. The molecule has 5 nitrogen and oxygen atoms in total. The van der Waals surface area contributed by atoms with Crippen LogP contribution in [-0.4, -0.2) is 27.5 Å². The number of carbonyl (C=O) groups is 1. The molecule has 0 unspecified atom stereocenters. The number of rotatable bonds is 6. The number of nitrogens with one attached hydrogen (secondary N) is 1. The van der Waals surface area contributed by atoms with Gasteiger partial charge in [0, 0.05) is 41.5 Å². The quantitative estimate of drug-likeness (QED) is 0.469. The minimum atomic E-state index is -0.187. The van der Waals surface area contributed by atoms with Crippen molar-refractivity contribution in [1.29, 1.82) is 0 Å². The molecule has 0 aliphatic rings. The first-order valence-electron chi connectivity index (χ1n) is 9.80. The summed E-state index contributed by atoms with van der Waals surface area (Å²) in [4.78, 5) is 24.3. The van der Waals surface area contributed by atoms with E-state index in [0.717, 1.165) is 39.0 Å². The third kappa shape index (κ3) is 3.90. The van der Waals surface area contributed by atoms with Crippen molar-refractivity contribution in [3.05, 3.63) is 72.2 Å². The number of fused-ring (bicyclic) bond motifs is 1. The molecule has 0 amide bonds. The first kappa shape index (κ1) is 18.9. The zero-order valence-electron chi connectivity index (χ0n) is 16.6. The molecule has 0 fully saturated rings. The maximum Gasteiger partial charge on any atom is 0.306 e. The van der Waals surface area contributed by atoms with Gasteiger partial charge in [0.25, 0.3) is 0 Å². The Labute approximate surface area is 169 Å². The van der Waals surface area contributed by atoms with Crippen LogP contribution in [0.1, 0.15) is 24.5 Å². The van der Waals surface area contributed by atoms with Crippen LogP contribution in [-0.2, 0) is 16.0 Å². The maximum absolute atomic E-state index is 12.0. The predicted octanol–water partition coefficient (Wildman–Crippen LogP) is 5.10. The van der Waals surface area contributed by atoms with E-state index in [2.05, 4.69) is 46.1 Å². The number of aromatic nitrogens is 3. The SMILES string of the molecule is CCOC(=O)CCc1c(-c2ccc(C)cc2-c2cccnc2)[nH]c2ncccc12. The van der Waals surface area contributed by atoms with E-state index in [1.165, 1.54) is 5.56 Å². The first-order valence-corrected chi connectivity index (χ1v) is 9.80. The number of ether oxygens (including phenoxy) is 1.